The van der Waals surface area contributed by atoms with Gasteiger partial charge in [-0.25, -0.2) is 0 Å². The molecular weight excluding hydrogens is 242 g/mol. The van der Waals surface area contributed by atoms with Crippen molar-refractivity contribution < 1.29 is 15.0 Å². The van der Waals surface area contributed by atoms with Crippen molar-refractivity contribution in [2.75, 3.05) is 6.61 Å². The summed E-state index contributed by atoms with van der Waals surface area (Å²) < 4.78 is 0. The number of carbonyl (C=O) groups is 1. The molecule has 0 aliphatic rings. The second kappa shape index (κ2) is 6.57. The number of hydrogen-bond acceptors (Lipinski definition) is 3. The third-order valence-corrected chi connectivity index (χ3v) is 3.14. The molecule has 0 saturated heterocycles. The highest BCUT2D eigenvalue weighted by molar-refractivity contribution is 5.79. The van der Waals surface area contributed by atoms with Gasteiger partial charge in [0.05, 0.1) is 6.42 Å². The van der Waals surface area contributed by atoms with Crippen LogP contribution in [0.2, 0.25) is 0 Å². The van der Waals surface area contributed by atoms with E-state index in [0.29, 0.717) is 12.0 Å². The van der Waals surface area contributed by atoms with E-state index in [-0.39, 0.29) is 36.1 Å². The lowest BCUT2D eigenvalue weighted by Crippen LogP contribution is -2.44. The number of nitrogens with one attached hydrogen (secondary N) is 1. The molecule has 0 fully saturated rings. The first-order valence-corrected chi connectivity index (χ1v) is 6.51. The van der Waals surface area contributed by atoms with E-state index < -0.39 is 0 Å². The summed E-state index contributed by atoms with van der Waals surface area (Å²) in [5.74, 6) is -0.0120. The molecule has 0 heterocycles. The second-order valence-corrected chi connectivity index (χ2v) is 5.80. The van der Waals surface area contributed by atoms with Gasteiger partial charge in [-0.2, -0.15) is 0 Å². The van der Waals surface area contributed by atoms with Crippen LogP contribution in [-0.4, -0.2) is 28.8 Å². The van der Waals surface area contributed by atoms with E-state index in [9.17, 15) is 9.90 Å². The molecular formula is C15H23NO3. The Hall–Kier alpha value is -1.55. The number of hydrogen-bond donors (Lipinski definition) is 3. The number of amides is 1. The standard InChI is InChI=1S/C15H23NO3/c1-15(2,3)13(8-9-17)16-14(19)10-11-6-4-5-7-12(11)18/h4-7,13,17-18H,8-10H2,1-3H3,(H,16,19). The van der Waals surface area contributed by atoms with Gasteiger partial charge in [-0.1, -0.05) is 39.0 Å². The van der Waals surface area contributed by atoms with Crippen molar-refractivity contribution in [3.63, 3.8) is 0 Å². The summed E-state index contributed by atoms with van der Waals surface area (Å²) in [4.78, 5) is 12.0. The fraction of sp³-hybridized carbons (Fsp3) is 0.533. The number of phenols is 1. The van der Waals surface area contributed by atoms with Crippen LogP contribution in [0.15, 0.2) is 24.3 Å². The molecule has 0 bridgehead atoms. The van der Waals surface area contributed by atoms with Gasteiger partial charge in [0.15, 0.2) is 0 Å². The lowest BCUT2D eigenvalue weighted by Gasteiger charge is -2.31. The van der Waals surface area contributed by atoms with Crippen molar-refractivity contribution >= 4 is 5.91 Å². The number of phenolic OH excluding ortho intramolecular Hbond substituents is 1. The van der Waals surface area contributed by atoms with E-state index in [1.807, 2.05) is 20.8 Å². The Morgan fingerprint density at radius 3 is 2.47 bits per heavy atom. The van der Waals surface area contributed by atoms with Crippen LogP contribution in [0.4, 0.5) is 0 Å². The van der Waals surface area contributed by atoms with Crippen molar-refractivity contribution in [3.8, 4) is 5.75 Å². The third-order valence-electron chi connectivity index (χ3n) is 3.14. The second-order valence-electron chi connectivity index (χ2n) is 5.80. The van der Waals surface area contributed by atoms with Crippen molar-refractivity contribution in [2.24, 2.45) is 5.41 Å². The number of para-hydroxylation sites is 1. The fourth-order valence-electron chi connectivity index (χ4n) is 1.93. The molecule has 1 amide bonds. The van der Waals surface area contributed by atoms with Gasteiger partial charge in [0.2, 0.25) is 5.91 Å². The van der Waals surface area contributed by atoms with Crippen LogP contribution in [0.5, 0.6) is 5.75 Å². The van der Waals surface area contributed by atoms with Gasteiger partial charge in [0.1, 0.15) is 5.75 Å². The Balaban J connectivity index is 2.66. The summed E-state index contributed by atoms with van der Waals surface area (Å²) in [7, 11) is 0. The topological polar surface area (TPSA) is 69.6 Å². The molecule has 4 nitrogen and oxygen atoms in total. The maximum absolute atomic E-state index is 12.0. The number of carbonyl (C=O) groups excluding carboxylic acids is 1. The van der Waals surface area contributed by atoms with E-state index in [2.05, 4.69) is 5.32 Å². The fourth-order valence-corrected chi connectivity index (χ4v) is 1.93. The molecule has 1 aromatic rings. The largest absolute Gasteiger partial charge is 0.508 e. The van der Waals surface area contributed by atoms with Gasteiger partial charge in [0, 0.05) is 18.2 Å². The molecule has 19 heavy (non-hydrogen) atoms. The Morgan fingerprint density at radius 2 is 1.95 bits per heavy atom. The van der Waals surface area contributed by atoms with Gasteiger partial charge in [-0.15, -0.1) is 0 Å². The molecule has 3 N–H and O–H groups in total. The molecule has 0 aliphatic heterocycles. The maximum atomic E-state index is 12.0. The molecule has 0 aliphatic carbocycles. The summed E-state index contributed by atoms with van der Waals surface area (Å²) in [6.45, 7) is 6.10. The number of aliphatic hydroxyl groups is 1. The molecule has 1 atom stereocenters. The van der Waals surface area contributed by atoms with Gasteiger partial charge < -0.3 is 15.5 Å². The third kappa shape index (κ3) is 4.91. The predicted octanol–water partition coefficient (Wildman–Crippen LogP) is 1.85. The average Bonchev–Trinajstić information content (AvgIpc) is 2.30. The van der Waals surface area contributed by atoms with Gasteiger partial charge in [-0.3, -0.25) is 4.79 Å². The zero-order chi connectivity index (χ0) is 14.5. The maximum Gasteiger partial charge on any atom is 0.224 e. The minimum Gasteiger partial charge on any atom is -0.508 e. The number of benzene rings is 1. The SMILES string of the molecule is CC(C)(C)C(CCO)NC(=O)Cc1ccccc1O. The van der Waals surface area contributed by atoms with Gasteiger partial charge in [0.25, 0.3) is 0 Å². The highest BCUT2D eigenvalue weighted by Gasteiger charge is 2.25. The summed E-state index contributed by atoms with van der Waals surface area (Å²) in [6, 6.07) is 6.72. The Kier molecular flexibility index (Phi) is 5.36. The zero-order valence-corrected chi connectivity index (χ0v) is 11.8. The van der Waals surface area contributed by atoms with E-state index in [4.69, 9.17) is 5.11 Å². The van der Waals surface area contributed by atoms with Crippen LogP contribution < -0.4 is 5.32 Å². The van der Waals surface area contributed by atoms with Crippen LogP contribution in [-0.2, 0) is 11.2 Å². The van der Waals surface area contributed by atoms with Crippen LogP contribution in [0, 0.1) is 5.41 Å². The first kappa shape index (κ1) is 15.5. The smallest absolute Gasteiger partial charge is 0.224 e. The van der Waals surface area contributed by atoms with Crippen molar-refractivity contribution in [2.45, 2.75) is 39.7 Å². The summed E-state index contributed by atoms with van der Waals surface area (Å²) in [6.07, 6.45) is 0.667. The molecule has 0 aromatic heterocycles. The summed E-state index contributed by atoms with van der Waals surface area (Å²) >= 11 is 0. The molecule has 0 spiro atoms. The van der Waals surface area contributed by atoms with E-state index in [1.54, 1.807) is 24.3 Å². The van der Waals surface area contributed by atoms with E-state index in [1.165, 1.54) is 0 Å². The highest BCUT2D eigenvalue weighted by Crippen LogP contribution is 2.22. The normalized spacial score (nSPS) is 13.1. The Labute approximate surface area is 114 Å². The molecule has 1 unspecified atom stereocenters. The zero-order valence-electron chi connectivity index (χ0n) is 11.8. The molecule has 1 aromatic carbocycles. The monoisotopic (exact) mass is 265 g/mol. The highest BCUT2D eigenvalue weighted by atomic mass is 16.3. The van der Waals surface area contributed by atoms with Crippen molar-refractivity contribution in [1.82, 2.24) is 5.32 Å². The molecule has 106 valence electrons. The first-order chi connectivity index (χ1) is 8.84. The number of aliphatic hydroxyl groups excluding tert-OH is 1. The minimum absolute atomic E-state index is 0.0405. The van der Waals surface area contributed by atoms with Crippen LogP contribution in [0.25, 0.3) is 0 Å². The van der Waals surface area contributed by atoms with Crippen LogP contribution in [0.3, 0.4) is 0 Å². The lowest BCUT2D eigenvalue weighted by atomic mass is 9.85. The first-order valence-electron chi connectivity index (χ1n) is 6.51. The Morgan fingerprint density at radius 1 is 1.32 bits per heavy atom. The quantitative estimate of drug-likeness (QED) is 0.761. The predicted molar refractivity (Wildman–Crippen MR) is 74.9 cm³/mol. The Bertz CT molecular complexity index is 424. The van der Waals surface area contributed by atoms with Crippen molar-refractivity contribution in [3.05, 3.63) is 29.8 Å². The van der Waals surface area contributed by atoms with Crippen LogP contribution in [0.1, 0.15) is 32.8 Å². The van der Waals surface area contributed by atoms with E-state index in [0.717, 1.165) is 0 Å². The average molecular weight is 265 g/mol. The van der Waals surface area contributed by atoms with Crippen molar-refractivity contribution in [1.29, 1.82) is 0 Å². The van der Waals surface area contributed by atoms with E-state index >= 15 is 0 Å². The molecule has 0 saturated carbocycles. The summed E-state index contributed by atoms with van der Waals surface area (Å²) in [5, 5.41) is 21.6. The molecule has 4 heteroatoms. The van der Waals surface area contributed by atoms with Gasteiger partial charge in [-0.05, 0) is 17.9 Å². The lowest BCUT2D eigenvalue weighted by molar-refractivity contribution is -0.122. The number of aromatic hydroxyl groups is 1. The molecule has 1 rings (SSSR count). The van der Waals surface area contributed by atoms with Gasteiger partial charge >= 0.3 is 0 Å². The molecule has 0 radical (unpaired) electrons. The van der Waals surface area contributed by atoms with Crippen LogP contribution >= 0.6 is 0 Å². The minimum atomic E-state index is -0.144. The number of rotatable bonds is 5. The summed E-state index contributed by atoms with van der Waals surface area (Å²) in [5.41, 5.74) is 0.494.